The van der Waals surface area contributed by atoms with Crippen LogP contribution in [0, 0.1) is 18.6 Å². The van der Waals surface area contributed by atoms with E-state index in [1.54, 1.807) is 25.1 Å². The predicted molar refractivity (Wildman–Crippen MR) is 104 cm³/mol. The van der Waals surface area contributed by atoms with E-state index in [0.717, 1.165) is 6.07 Å². The van der Waals surface area contributed by atoms with E-state index in [1.807, 2.05) is 0 Å². The molecule has 0 radical (unpaired) electrons. The quantitative estimate of drug-likeness (QED) is 0.580. The number of carbonyl (C=O) groups is 2. The molecule has 0 unspecified atom stereocenters. The van der Waals surface area contributed by atoms with Gasteiger partial charge in [-0.15, -0.1) is 0 Å². The van der Waals surface area contributed by atoms with Crippen LogP contribution in [0.1, 0.15) is 12.0 Å². The number of halogens is 3. The number of benzene rings is 2. The molecule has 0 aliphatic carbocycles. The minimum absolute atomic E-state index is 0.258. The molecule has 156 valence electrons. The molecule has 0 fully saturated rings. The lowest BCUT2D eigenvalue weighted by atomic mass is 10.2. The Kier molecular flexibility index (Phi) is 7.66. The van der Waals surface area contributed by atoms with Crippen molar-refractivity contribution in [2.75, 3.05) is 18.4 Å². The van der Waals surface area contributed by atoms with Crippen molar-refractivity contribution >= 4 is 39.1 Å². The average Bonchev–Trinajstić information content (AvgIpc) is 2.66. The summed E-state index contributed by atoms with van der Waals surface area (Å²) in [5, 5.41) is 5.44. The van der Waals surface area contributed by atoms with Crippen molar-refractivity contribution in [3.63, 3.8) is 0 Å². The molecule has 11 heteroatoms. The zero-order valence-corrected chi connectivity index (χ0v) is 16.8. The van der Waals surface area contributed by atoms with Crippen molar-refractivity contribution in [1.29, 1.82) is 0 Å². The fraction of sp³-hybridized carbons (Fsp3) is 0.222. The van der Waals surface area contributed by atoms with Crippen molar-refractivity contribution in [3.05, 3.63) is 58.6 Å². The molecule has 2 aromatic carbocycles. The Hall–Kier alpha value is -2.56. The van der Waals surface area contributed by atoms with Crippen molar-refractivity contribution in [3.8, 4) is 0 Å². The maximum Gasteiger partial charge on any atom is 0.243 e. The SMILES string of the molecule is Cc1c(Cl)cccc1NC(=O)CNC(=O)CCNS(=O)(=O)c1ccc(F)c(F)c1. The first-order chi connectivity index (χ1) is 13.6. The third-order valence-corrected chi connectivity index (χ3v) is 5.70. The minimum Gasteiger partial charge on any atom is -0.347 e. The van der Waals surface area contributed by atoms with Gasteiger partial charge in [-0.25, -0.2) is 21.9 Å². The van der Waals surface area contributed by atoms with Crippen molar-refractivity contribution in [1.82, 2.24) is 10.0 Å². The Morgan fingerprint density at radius 1 is 1.07 bits per heavy atom. The third kappa shape index (κ3) is 6.48. The van der Waals surface area contributed by atoms with Gasteiger partial charge < -0.3 is 10.6 Å². The van der Waals surface area contributed by atoms with Crippen molar-refractivity contribution in [2.24, 2.45) is 0 Å². The number of carbonyl (C=O) groups excluding carboxylic acids is 2. The fourth-order valence-electron chi connectivity index (χ4n) is 2.23. The summed E-state index contributed by atoms with van der Waals surface area (Å²) in [6, 6.07) is 7.14. The van der Waals surface area contributed by atoms with E-state index in [4.69, 9.17) is 11.6 Å². The molecule has 0 aliphatic heterocycles. The van der Waals surface area contributed by atoms with Crippen LogP contribution in [0.15, 0.2) is 41.3 Å². The molecule has 2 aromatic rings. The first-order valence-electron chi connectivity index (χ1n) is 8.36. The van der Waals surface area contributed by atoms with Gasteiger partial charge in [0.2, 0.25) is 21.8 Å². The summed E-state index contributed by atoms with van der Waals surface area (Å²) in [4.78, 5) is 23.2. The fourth-order valence-corrected chi connectivity index (χ4v) is 3.45. The maximum absolute atomic E-state index is 13.2. The number of nitrogens with one attached hydrogen (secondary N) is 3. The van der Waals surface area contributed by atoms with Crippen LogP contribution >= 0.6 is 11.6 Å². The van der Waals surface area contributed by atoms with E-state index >= 15 is 0 Å². The first kappa shape index (κ1) is 22.7. The predicted octanol–water partition coefficient (Wildman–Crippen LogP) is 2.35. The standard InChI is InChI=1S/C18H18ClF2N3O4S/c1-11-13(19)3-2-4-16(11)24-18(26)10-22-17(25)7-8-23-29(27,28)12-5-6-14(20)15(21)9-12/h2-6,9,23H,7-8,10H2,1H3,(H,22,25)(H,24,26). The van der Waals surface area contributed by atoms with Gasteiger partial charge in [0, 0.05) is 23.7 Å². The van der Waals surface area contributed by atoms with E-state index in [2.05, 4.69) is 15.4 Å². The monoisotopic (exact) mass is 445 g/mol. The summed E-state index contributed by atoms with van der Waals surface area (Å²) in [5.41, 5.74) is 1.19. The molecule has 0 bridgehead atoms. The van der Waals surface area contributed by atoms with Gasteiger partial charge in [0.05, 0.1) is 11.4 Å². The summed E-state index contributed by atoms with van der Waals surface area (Å²) >= 11 is 5.96. The van der Waals surface area contributed by atoms with Crippen LogP contribution in [0.25, 0.3) is 0 Å². The molecule has 0 atom stereocenters. The van der Waals surface area contributed by atoms with Gasteiger partial charge >= 0.3 is 0 Å². The maximum atomic E-state index is 13.2. The van der Waals surface area contributed by atoms with Gasteiger partial charge in [-0.3, -0.25) is 9.59 Å². The molecule has 0 saturated carbocycles. The molecule has 0 saturated heterocycles. The smallest absolute Gasteiger partial charge is 0.243 e. The Morgan fingerprint density at radius 2 is 1.79 bits per heavy atom. The molecular weight excluding hydrogens is 428 g/mol. The molecule has 0 spiro atoms. The number of anilines is 1. The van der Waals surface area contributed by atoms with Crippen LogP contribution in [0.5, 0.6) is 0 Å². The van der Waals surface area contributed by atoms with Crippen molar-refractivity contribution < 1.29 is 26.8 Å². The van der Waals surface area contributed by atoms with E-state index in [0.29, 0.717) is 28.4 Å². The van der Waals surface area contributed by atoms with Crippen LogP contribution in [-0.2, 0) is 19.6 Å². The van der Waals surface area contributed by atoms with Crippen LogP contribution in [0.3, 0.4) is 0 Å². The van der Waals surface area contributed by atoms with E-state index in [1.165, 1.54) is 0 Å². The van der Waals surface area contributed by atoms with Gasteiger partial charge in [-0.1, -0.05) is 17.7 Å². The highest BCUT2D eigenvalue weighted by Crippen LogP contribution is 2.22. The lowest BCUT2D eigenvalue weighted by Crippen LogP contribution is -2.35. The highest BCUT2D eigenvalue weighted by atomic mass is 35.5. The first-order valence-corrected chi connectivity index (χ1v) is 10.2. The average molecular weight is 446 g/mol. The molecule has 0 aliphatic rings. The number of hydrogen-bond acceptors (Lipinski definition) is 4. The molecule has 2 rings (SSSR count). The van der Waals surface area contributed by atoms with Crippen LogP contribution in [-0.4, -0.2) is 33.3 Å². The van der Waals surface area contributed by atoms with Crippen LogP contribution in [0.4, 0.5) is 14.5 Å². The van der Waals surface area contributed by atoms with Crippen LogP contribution < -0.4 is 15.4 Å². The summed E-state index contributed by atoms with van der Waals surface area (Å²) in [6.07, 6.45) is -0.258. The van der Waals surface area contributed by atoms with Gasteiger partial charge in [0.15, 0.2) is 11.6 Å². The number of sulfonamides is 1. The normalized spacial score (nSPS) is 11.2. The Labute approximate surface area is 171 Å². The molecule has 0 aromatic heterocycles. The topological polar surface area (TPSA) is 104 Å². The van der Waals surface area contributed by atoms with Crippen molar-refractivity contribution in [2.45, 2.75) is 18.2 Å². The molecule has 3 N–H and O–H groups in total. The highest BCUT2D eigenvalue weighted by molar-refractivity contribution is 7.89. The summed E-state index contributed by atoms with van der Waals surface area (Å²) in [6.45, 7) is 1.12. The lowest BCUT2D eigenvalue weighted by Gasteiger charge is -2.10. The molecule has 0 heterocycles. The summed E-state index contributed by atoms with van der Waals surface area (Å²) < 4.78 is 52.2. The van der Waals surface area contributed by atoms with E-state index in [9.17, 15) is 26.8 Å². The lowest BCUT2D eigenvalue weighted by molar-refractivity contribution is -0.124. The molecule has 2 amide bonds. The minimum atomic E-state index is -4.10. The summed E-state index contributed by atoms with van der Waals surface area (Å²) in [7, 11) is -4.10. The highest BCUT2D eigenvalue weighted by Gasteiger charge is 2.17. The van der Waals surface area contributed by atoms with Crippen LogP contribution in [0.2, 0.25) is 5.02 Å². The Morgan fingerprint density at radius 3 is 2.48 bits per heavy atom. The zero-order valence-electron chi connectivity index (χ0n) is 15.3. The van der Waals surface area contributed by atoms with Gasteiger partial charge in [0.1, 0.15) is 0 Å². The number of hydrogen-bond donors (Lipinski definition) is 3. The summed E-state index contributed by atoms with van der Waals surface area (Å²) in [5.74, 6) is -3.52. The van der Waals surface area contributed by atoms with Gasteiger partial charge in [-0.05, 0) is 42.8 Å². The third-order valence-electron chi connectivity index (χ3n) is 3.83. The molecule has 7 nitrogen and oxygen atoms in total. The molecule has 29 heavy (non-hydrogen) atoms. The second kappa shape index (κ2) is 9.77. The Balaban J connectivity index is 1.78. The number of rotatable bonds is 8. The number of amides is 2. The van der Waals surface area contributed by atoms with Gasteiger partial charge in [-0.2, -0.15) is 0 Å². The molecular formula is C18H18ClF2N3O4S. The largest absolute Gasteiger partial charge is 0.347 e. The second-order valence-electron chi connectivity index (χ2n) is 5.96. The second-order valence-corrected chi connectivity index (χ2v) is 8.14. The van der Waals surface area contributed by atoms with Gasteiger partial charge in [0.25, 0.3) is 0 Å². The Bertz CT molecular complexity index is 1030. The van der Waals surface area contributed by atoms with E-state index < -0.39 is 38.4 Å². The van der Waals surface area contributed by atoms with E-state index in [-0.39, 0.29) is 19.5 Å². The zero-order chi connectivity index (χ0) is 21.6.